The third kappa shape index (κ3) is 4.94. The van der Waals surface area contributed by atoms with Crippen LogP contribution in [0.15, 0.2) is 12.2 Å². The highest BCUT2D eigenvalue weighted by atomic mass is 19.3. The second kappa shape index (κ2) is 9.76. The molecular weight excluding hydrogens is 409 g/mol. The molecule has 0 heterocycles. The molecule has 2 rings (SSSR count). The van der Waals surface area contributed by atoms with E-state index in [9.17, 15) is 26.7 Å². The molecule has 1 N–H and O–H groups in total. The first-order chi connectivity index (χ1) is 14.1. The largest absolute Gasteiger partial charge is 0.460 e. The molecule has 0 unspecified atom stereocenters. The first-order valence-corrected chi connectivity index (χ1v) is 9.68. The SMILES string of the molecule is CCCCNc1c(F)c(COC)c(F)c(F)c1COC(=O)[C@@H]1[C@@H](C=C(F)F)C1(C)C. The minimum absolute atomic E-state index is 0.296. The van der Waals surface area contributed by atoms with Gasteiger partial charge in [0.15, 0.2) is 17.5 Å². The van der Waals surface area contributed by atoms with Crippen molar-refractivity contribution < 1.29 is 36.2 Å². The summed E-state index contributed by atoms with van der Waals surface area (Å²) in [6.45, 7) is 4.24. The van der Waals surface area contributed by atoms with Gasteiger partial charge in [-0.1, -0.05) is 27.2 Å². The van der Waals surface area contributed by atoms with E-state index in [0.717, 1.165) is 6.42 Å². The number of hydrogen-bond donors (Lipinski definition) is 1. The van der Waals surface area contributed by atoms with Gasteiger partial charge >= 0.3 is 5.97 Å². The highest BCUT2D eigenvalue weighted by Crippen LogP contribution is 2.60. The number of carbonyl (C=O) groups excluding carboxylic acids is 1. The van der Waals surface area contributed by atoms with Gasteiger partial charge in [-0.3, -0.25) is 4.79 Å². The number of allylic oxidation sites excluding steroid dienone is 1. The summed E-state index contributed by atoms with van der Waals surface area (Å²) < 4.78 is 78.8. The highest BCUT2D eigenvalue weighted by Gasteiger charge is 2.62. The fraction of sp³-hybridized carbons (Fsp3) is 0.571. The van der Waals surface area contributed by atoms with Crippen LogP contribution in [0.5, 0.6) is 0 Å². The van der Waals surface area contributed by atoms with Crippen LogP contribution in [-0.2, 0) is 27.5 Å². The van der Waals surface area contributed by atoms with Crippen molar-refractivity contribution in [2.75, 3.05) is 19.0 Å². The zero-order chi connectivity index (χ0) is 22.6. The fourth-order valence-electron chi connectivity index (χ4n) is 3.54. The molecule has 0 spiro atoms. The van der Waals surface area contributed by atoms with Crippen molar-refractivity contribution in [2.45, 2.75) is 46.8 Å². The van der Waals surface area contributed by atoms with Gasteiger partial charge in [0.05, 0.1) is 29.3 Å². The topological polar surface area (TPSA) is 47.6 Å². The predicted octanol–water partition coefficient (Wildman–Crippen LogP) is 5.56. The summed E-state index contributed by atoms with van der Waals surface area (Å²) in [6, 6.07) is 0. The van der Waals surface area contributed by atoms with Crippen molar-refractivity contribution >= 4 is 11.7 Å². The van der Waals surface area contributed by atoms with E-state index >= 15 is 0 Å². The summed E-state index contributed by atoms with van der Waals surface area (Å²) in [7, 11) is 1.22. The smallest absolute Gasteiger partial charge is 0.310 e. The standard InChI is InChI=1S/C21H26F5NO3/c1-5-6-7-27-19-12(17(25)16(24)11(9-29-4)18(19)26)10-30-20(28)15-13(8-14(22)23)21(15,2)3/h8,13,15,27H,5-7,9-10H2,1-4H3/t13-,15+/m1/s1. The first kappa shape index (κ1) is 24.1. The average molecular weight is 435 g/mol. The lowest BCUT2D eigenvalue weighted by molar-refractivity contribution is -0.147. The Balaban J connectivity index is 2.27. The van der Waals surface area contributed by atoms with Gasteiger partial charge in [0.25, 0.3) is 6.08 Å². The fourth-order valence-corrected chi connectivity index (χ4v) is 3.54. The number of unbranched alkanes of at least 4 members (excludes halogenated alkanes) is 1. The van der Waals surface area contributed by atoms with Gasteiger partial charge in [0, 0.05) is 19.6 Å². The molecule has 1 aliphatic rings. The summed E-state index contributed by atoms with van der Waals surface area (Å²) in [6.07, 6.45) is 0.207. The second-order valence-corrected chi connectivity index (χ2v) is 7.88. The van der Waals surface area contributed by atoms with Crippen LogP contribution in [0.3, 0.4) is 0 Å². The number of halogens is 5. The summed E-state index contributed by atoms with van der Waals surface area (Å²) in [5, 5.41) is 2.73. The van der Waals surface area contributed by atoms with Crippen molar-refractivity contribution in [3.05, 3.63) is 40.7 Å². The van der Waals surface area contributed by atoms with Crippen molar-refractivity contribution in [3.63, 3.8) is 0 Å². The van der Waals surface area contributed by atoms with E-state index < -0.39 is 71.1 Å². The molecule has 1 aromatic carbocycles. The molecule has 4 nitrogen and oxygen atoms in total. The lowest BCUT2D eigenvalue weighted by Crippen LogP contribution is -2.16. The van der Waals surface area contributed by atoms with E-state index in [-0.39, 0.29) is 5.69 Å². The van der Waals surface area contributed by atoms with Crippen LogP contribution in [0.4, 0.5) is 27.6 Å². The second-order valence-electron chi connectivity index (χ2n) is 7.88. The van der Waals surface area contributed by atoms with E-state index in [4.69, 9.17) is 9.47 Å². The zero-order valence-electron chi connectivity index (χ0n) is 17.4. The summed E-state index contributed by atoms with van der Waals surface area (Å²) in [5.41, 5.74) is -2.10. The van der Waals surface area contributed by atoms with Crippen LogP contribution in [0.1, 0.15) is 44.7 Å². The number of benzene rings is 1. The molecular formula is C21H26F5NO3. The molecule has 0 radical (unpaired) electrons. The van der Waals surface area contributed by atoms with Crippen LogP contribution in [0.25, 0.3) is 0 Å². The number of ether oxygens (including phenoxy) is 2. The van der Waals surface area contributed by atoms with Crippen molar-refractivity contribution in [1.82, 2.24) is 0 Å². The number of rotatable bonds is 10. The molecule has 0 aromatic heterocycles. The van der Waals surface area contributed by atoms with Gasteiger partial charge in [-0.15, -0.1) is 0 Å². The number of anilines is 1. The molecule has 0 amide bonds. The minimum atomic E-state index is -1.91. The third-order valence-corrected chi connectivity index (χ3v) is 5.46. The van der Waals surface area contributed by atoms with E-state index in [0.29, 0.717) is 19.0 Å². The highest BCUT2D eigenvalue weighted by molar-refractivity contribution is 5.78. The van der Waals surface area contributed by atoms with E-state index in [2.05, 4.69) is 5.32 Å². The first-order valence-electron chi connectivity index (χ1n) is 9.68. The average Bonchev–Trinajstić information content (AvgIpc) is 3.21. The lowest BCUT2D eigenvalue weighted by Gasteiger charge is -2.18. The molecule has 1 saturated carbocycles. The quantitative estimate of drug-likeness (QED) is 0.226. The Morgan fingerprint density at radius 2 is 1.73 bits per heavy atom. The molecule has 1 fully saturated rings. The van der Waals surface area contributed by atoms with Crippen LogP contribution in [-0.4, -0.2) is 19.6 Å². The molecule has 2 atom stereocenters. The van der Waals surface area contributed by atoms with E-state index in [1.54, 1.807) is 13.8 Å². The molecule has 30 heavy (non-hydrogen) atoms. The Hall–Kier alpha value is -2.16. The third-order valence-electron chi connectivity index (χ3n) is 5.46. The number of nitrogens with one attached hydrogen (secondary N) is 1. The normalized spacial score (nSPS) is 19.4. The van der Waals surface area contributed by atoms with Crippen LogP contribution < -0.4 is 5.32 Å². The molecule has 9 heteroatoms. The summed E-state index contributed by atoms with van der Waals surface area (Å²) in [4.78, 5) is 12.4. The number of carbonyl (C=O) groups is 1. The molecule has 0 bridgehead atoms. The molecule has 1 aliphatic carbocycles. The molecule has 1 aromatic rings. The Labute approximate surface area is 172 Å². The Morgan fingerprint density at radius 3 is 2.30 bits per heavy atom. The Morgan fingerprint density at radius 1 is 1.10 bits per heavy atom. The lowest BCUT2D eigenvalue weighted by atomic mass is 10.1. The van der Waals surface area contributed by atoms with Gasteiger partial charge in [-0.2, -0.15) is 8.78 Å². The van der Waals surface area contributed by atoms with E-state index in [1.165, 1.54) is 7.11 Å². The minimum Gasteiger partial charge on any atom is -0.460 e. The van der Waals surface area contributed by atoms with E-state index in [1.807, 2.05) is 6.92 Å². The maximum atomic E-state index is 14.8. The number of hydrogen-bond acceptors (Lipinski definition) is 4. The Kier molecular flexibility index (Phi) is 7.85. The predicted molar refractivity (Wildman–Crippen MR) is 101 cm³/mol. The van der Waals surface area contributed by atoms with Crippen molar-refractivity contribution in [3.8, 4) is 0 Å². The zero-order valence-corrected chi connectivity index (χ0v) is 17.4. The molecule has 168 valence electrons. The van der Waals surface area contributed by atoms with Crippen LogP contribution in [0, 0.1) is 34.7 Å². The van der Waals surface area contributed by atoms with Gasteiger partial charge in [0.1, 0.15) is 6.61 Å². The maximum absolute atomic E-state index is 14.8. The van der Waals surface area contributed by atoms with Gasteiger partial charge in [0.2, 0.25) is 0 Å². The monoisotopic (exact) mass is 435 g/mol. The van der Waals surface area contributed by atoms with Gasteiger partial charge in [-0.25, -0.2) is 13.2 Å². The van der Waals surface area contributed by atoms with Crippen molar-refractivity contribution in [2.24, 2.45) is 17.3 Å². The maximum Gasteiger partial charge on any atom is 0.310 e. The molecule has 0 aliphatic heterocycles. The van der Waals surface area contributed by atoms with Gasteiger partial charge < -0.3 is 14.8 Å². The Bertz CT molecular complexity index is 822. The van der Waals surface area contributed by atoms with Crippen LogP contribution in [0.2, 0.25) is 0 Å². The van der Waals surface area contributed by atoms with Crippen molar-refractivity contribution in [1.29, 1.82) is 0 Å². The summed E-state index contributed by atoms with van der Waals surface area (Å²) >= 11 is 0. The number of esters is 1. The number of methoxy groups -OCH3 is 1. The molecule has 0 saturated heterocycles. The van der Waals surface area contributed by atoms with Crippen LogP contribution >= 0.6 is 0 Å². The van der Waals surface area contributed by atoms with Gasteiger partial charge in [-0.05, 0) is 17.9 Å². The summed E-state index contributed by atoms with van der Waals surface area (Å²) in [5.74, 6) is -6.20.